The molecule has 0 fully saturated rings. The zero-order chi connectivity index (χ0) is 39.3. The summed E-state index contributed by atoms with van der Waals surface area (Å²) in [6, 6.07) is 53.5. The molecule has 9 aromatic rings. The first kappa shape index (κ1) is 33.5. The molecule has 0 atom stereocenters. The van der Waals surface area contributed by atoms with Crippen molar-refractivity contribution in [3.63, 3.8) is 0 Å². The molecule has 7 aromatic carbocycles. The fraction of sp³-hybridized carbons (Fsp3) is 0.164. The first-order chi connectivity index (χ1) is 28.0. The summed E-state index contributed by atoms with van der Waals surface area (Å²) in [6.07, 6.45) is 0. The van der Waals surface area contributed by atoms with Gasteiger partial charge in [0.1, 0.15) is 16.8 Å². The van der Waals surface area contributed by atoms with Crippen molar-refractivity contribution in [1.29, 1.82) is 0 Å². The van der Waals surface area contributed by atoms with Gasteiger partial charge in [0.2, 0.25) is 0 Å². The molecule has 0 radical (unpaired) electrons. The number of rotatable bonds is 3. The molecule has 3 aliphatic rings. The third kappa shape index (κ3) is 4.34. The average molecular weight is 747 g/mol. The van der Waals surface area contributed by atoms with Crippen LogP contribution in [-0.4, -0.2) is 9.97 Å². The maximum Gasteiger partial charge on any atom is 0.180 e. The van der Waals surface area contributed by atoms with Crippen LogP contribution in [0.4, 0.5) is 0 Å². The number of furan rings is 1. The molecule has 3 aliphatic carbocycles. The Balaban J connectivity index is 1.09. The minimum absolute atomic E-state index is 0.0804. The molecule has 58 heavy (non-hydrogen) atoms. The smallest absolute Gasteiger partial charge is 0.180 e. The van der Waals surface area contributed by atoms with Crippen molar-refractivity contribution in [2.75, 3.05) is 0 Å². The lowest BCUT2D eigenvalue weighted by atomic mass is 9.82. The van der Waals surface area contributed by atoms with E-state index in [0.717, 1.165) is 38.9 Å². The van der Waals surface area contributed by atoms with Gasteiger partial charge in [0, 0.05) is 32.8 Å². The molecule has 0 N–H and O–H groups in total. The van der Waals surface area contributed by atoms with Gasteiger partial charge in [-0.25, -0.2) is 9.97 Å². The molecule has 0 bridgehead atoms. The number of benzene rings is 7. The van der Waals surface area contributed by atoms with Gasteiger partial charge < -0.3 is 4.42 Å². The average Bonchev–Trinajstić information content (AvgIpc) is 3.89. The van der Waals surface area contributed by atoms with E-state index >= 15 is 0 Å². The second-order valence-electron chi connectivity index (χ2n) is 18.1. The van der Waals surface area contributed by atoms with Gasteiger partial charge in [-0.1, -0.05) is 163 Å². The van der Waals surface area contributed by atoms with Crippen LogP contribution in [0.3, 0.4) is 0 Å². The zero-order valence-corrected chi connectivity index (χ0v) is 33.7. The van der Waals surface area contributed by atoms with E-state index in [9.17, 15) is 0 Å². The van der Waals surface area contributed by atoms with Crippen molar-refractivity contribution >= 4 is 22.1 Å². The van der Waals surface area contributed by atoms with Gasteiger partial charge in [-0.2, -0.15) is 0 Å². The molecule has 0 saturated heterocycles. The molecular weight excluding hydrogens is 705 g/mol. The zero-order valence-electron chi connectivity index (χ0n) is 33.7. The van der Waals surface area contributed by atoms with Crippen LogP contribution in [0.25, 0.3) is 89.2 Å². The van der Waals surface area contributed by atoms with Crippen LogP contribution in [0.15, 0.2) is 150 Å². The van der Waals surface area contributed by atoms with Gasteiger partial charge in [-0.05, 0) is 102 Å². The normalized spacial score (nSPS) is 15.8. The fourth-order valence-electron chi connectivity index (χ4n) is 10.8. The van der Waals surface area contributed by atoms with E-state index in [0.29, 0.717) is 11.4 Å². The Labute approximate surface area is 339 Å². The molecule has 0 spiro atoms. The van der Waals surface area contributed by atoms with Crippen molar-refractivity contribution in [2.45, 2.75) is 57.8 Å². The summed E-state index contributed by atoms with van der Waals surface area (Å²) < 4.78 is 6.86. The molecule has 0 amide bonds. The van der Waals surface area contributed by atoms with E-state index in [1.54, 1.807) is 0 Å². The van der Waals surface area contributed by atoms with E-state index < -0.39 is 0 Å². The van der Waals surface area contributed by atoms with E-state index in [1.165, 1.54) is 72.3 Å². The molecule has 3 heteroatoms. The van der Waals surface area contributed by atoms with Gasteiger partial charge in [-0.15, -0.1) is 0 Å². The molecule has 0 unspecified atom stereocenters. The third-order valence-corrected chi connectivity index (χ3v) is 13.9. The van der Waals surface area contributed by atoms with E-state index in [2.05, 4.69) is 187 Å². The summed E-state index contributed by atoms with van der Waals surface area (Å²) in [4.78, 5) is 10.9. The van der Waals surface area contributed by atoms with Crippen molar-refractivity contribution in [3.05, 3.63) is 179 Å². The highest BCUT2D eigenvalue weighted by Gasteiger charge is 2.38. The minimum atomic E-state index is -0.149. The van der Waals surface area contributed by atoms with Crippen LogP contribution in [0.2, 0.25) is 0 Å². The molecular formula is C55H42N2O. The highest BCUT2D eigenvalue weighted by molar-refractivity contribution is 6.09. The van der Waals surface area contributed by atoms with Gasteiger partial charge in [-0.3, -0.25) is 0 Å². The Kier molecular flexibility index (Phi) is 6.53. The van der Waals surface area contributed by atoms with Crippen LogP contribution in [0.1, 0.15) is 74.9 Å². The van der Waals surface area contributed by atoms with Gasteiger partial charge >= 0.3 is 0 Å². The van der Waals surface area contributed by atoms with Crippen molar-refractivity contribution in [3.8, 4) is 67.2 Å². The Morgan fingerprint density at radius 3 is 1.57 bits per heavy atom. The van der Waals surface area contributed by atoms with Crippen molar-refractivity contribution < 1.29 is 4.42 Å². The molecule has 3 nitrogen and oxygen atoms in total. The second-order valence-corrected chi connectivity index (χ2v) is 18.1. The van der Waals surface area contributed by atoms with Crippen LogP contribution in [0, 0.1) is 0 Å². The molecule has 278 valence electrons. The highest BCUT2D eigenvalue weighted by atomic mass is 16.3. The third-order valence-electron chi connectivity index (χ3n) is 13.9. The lowest BCUT2D eigenvalue weighted by Gasteiger charge is -2.22. The lowest BCUT2D eigenvalue weighted by Crippen LogP contribution is -2.15. The Hall–Kier alpha value is -6.58. The van der Waals surface area contributed by atoms with Crippen LogP contribution in [-0.2, 0) is 16.2 Å². The predicted molar refractivity (Wildman–Crippen MR) is 238 cm³/mol. The minimum Gasteiger partial charge on any atom is -0.452 e. The summed E-state index contributed by atoms with van der Waals surface area (Å²) in [5.41, 5.74) is 23.0. The lowest BCUT2D eigenvalue weighted by molar-refractivity contribution is 0.659. The first-order valence-corrected chi connectivity index (χ1v) is 20.5. The molecule has 2 aromatic heterocycles. The van der Waals surface area contributed by atoms with Gasteiger partial charge in [0.15, 0.2) is 11.4 Å². The number of aromatic nitrogens is 2. The highest BCUT2D eigenvalue weighted by Crippen LogP contribution is 2.54. The Bertz CT molecular complexity index is 3270. The van der Waals surface area contributed by atoms with Crippen LogP contribution >= 0.6 is 0 Å². The molecule has 12 rings (SSSR count). The SMILES string of the molecule is CC1(C)c2ccccc2-c2ccc(-c3nc(-c4ccc5c(c4)C(C)(C)c4ccccc4-5)c4oc5ccc(-c6cccc7c6-c6ccccc6C7(C)C)cc5c4n3)cc21. The quantitative estimate of drug-likeness (QED) is 0.181. The monoisotopic (exact) mass is 746 g/mol. The number of hydrogen-bond donors (Lipinski definition) is 0. The van der Waals surface area contributed by atoms with E-state index in [1.807, 2.05) is 0 Å². The first-order valence-electron chi connectivity index (χ1n) is 20.5. The standard InChI is InChI=1S/C55H42N2O/c1-53(2)43-20-12-9-16-39(43)48-34(17-13-21-44(48)53)31-24-27-47-40(28-31)50-51(58-47)49(32-22-25-37-35-14-7-10-18-41(35)54(3,4)45(37)29-32)56-52(57-50)33-23-26-38-36-15-8-11-19-42(36)55(5,6)46(38)30-33/h7-30H,1-6H3. The number of nitrogens with zero attached hydrogens (tertiary/aromatic N) is 2. The largest absolute Gasteiger partial charge is 0.452 e. The fourth-order valence-corrected chi connectivity index (χ4v) is 10.8. The summed E-state index contributed by atoms with van der Waals surface area (Å²) in [6.45, 7) is 14.0. The predicted octanol–water partition coefficient (Wildman–Crippen LogP) is 14.3. The summed E-state index contributed by atoms with van der Waals surface area (Å²) in [5, 5.41) is 0.989. The molecule has 0 saturated carbocycles. The van der Waals surface area contributed by atoms with Crippen molar-refractivity contribution in [2.24, 2.45) is 0 Å². The van der Waals surface area contributed by atoms with Gasteiger partial charge in [0.05, 0.1) is 0 Å². The van der Waals surface area contributed by atoms with E-state index in [-0.39, 0.29) is 16.2 Å². The van der Waals surface area contributed by atoms with Crippen LogP contribution in [0.5, 0.6) is 0 Å². The van der Waals surface area contributed by atoms with Gasteiger partial charge in [0.25, 0.3) is 0 Å². The van der Waals surface area contributed by atoms with Crippen molar-refractivity contribution in [1.82, 2.24) is 9.97 Å². The molecule has 2 heterocycles. The summed E-state index contributed by atoms with van der Waals surface area (Å²) in [7, 11) is 0. The maximum atomic E-state index is 6.86. The number of hydrogen-bond acceptors (Lipinski definition) is 3. The summed E-state index contributed by atoms with van der Waals surface area (Å²) in [5.74, 6) is 0.699. The maximum absolute atomic E-state index is 6.86. The number of fused-ring (bicyclic) bond motifs is 12. The van der Waals surface area contributed by atoms with Crippen LogP contribution < -0.4 is 0 Å². The second kappa shape index (κ2) is 11.3. The molecule has 0 aliphatic heterocycles. The Morgan fingerprint density at radius 2 is 0.897 bits per heavy atom. The summed E-state index contributed by atoms with van der Waals surface area (Å²) >= 11 is 0. The van der Waals surface area contributed by atoms with E-state index in [4.69, 9.17) is 14.4 Å². The Morgan fingerprint density at radius 1 is 0.397 bits per heavy atom. The topological polar surface area (TPSA) is 38.9 Å².